The Bertz CT molecular complexity index is 86.4. The molecule has 0 N–H and O–H groups in total. The molecule has 0 unspecified atom stereocenters. The number of hydrogen-bond donors (Lipinski definition) is 0. The van der Waals surface area contributed by atoms with E-state index in [9.17, 15) is 0 Å². The van der Waals surface area contributed by atoms with Crippen LogP contribution in [-0.2, 0) is 0 Å². The first-order valence-corrected chi connectivity index (χ1v) is 2.72. The van der Waals surface area contributed by atoms with Crippen molar-refractivity contribution in [2.45, 2.75) is 13.8 Å². The Hall–Kier alpha value is -0.190. The minimum absolute atomic E-state index is 0.551. The highest BCUT2D eigenvalue weighted by molar-refractivity contribution is 6.25. The molecule has 0 amide bonds. The van der Waals surface area contributed by atoms with E-state index in [4.69, 9.17) is 11.6 Å². The maximum absolute atomic E-state index is 5.18. The normalized spacial score (nSPS) is 8.00. The van der Waals surface area contributed by atoms with Gasteiger partial charge in [0.1, 0.15) is 0 Å². The third-order valence-electron chi connectivity index (χ3n) is 0.493. The zero-order valence-corrected chi connectivity index (χ0v) is 5.37. The standard InChI is InChI=1S/C6H9Cl/c1-6(2)4-3-5-7/h4-6H,1-2H3. The topological polar surface area (TPSA) is 0 Å². The first-order valence-electron chi connectivity index (χ1n) is 2.28. The molecule has 0 aliphatic heterocycles. The van der Waals surface area contributed by atoms with Gasteiger partial charge < -0.3 is 0 Å². The van der Waals surface area contributed by atoms with Crippen LogP contribution in [0.25, 0.3) is 0 Å². The smallest absolute Gasteiger partial charge is 0.0459 e. The molecular weight excluding hydrogens is 108 g/mol. The largest absolute Gasteiger partial charge is 0.113 e. The van der Waals surface area contributed by atoms with E-state index in [-0.39, 0.29) is 0 Å². The van der Waals surface area contributed by atoms with Crippen LogP contribution < -0.4 is 0 Å². The molecule has 0 saturated heterocycles. The van der Waals surface area contributed by atoms with Crippen molar-refractivity contribution in [1.29, 1.82) is 0 Å². The van der Waals surface area contributed by atoms with Gasteiger partial charge in [0.25, 0.3) is 0 Å². The second-order valence-electron chi connectivity index (χ2n) is 1.69. The van der Waals surface area contributed by atoms with Gasteiger partial charge in [-0.15, -0.1) is 5.73 Å². The molecule has 0 nitrogen and oxygen atoms in total. The molecule has 0 spiro atoms. The lowest BCUT2D eigenvalue weighted by atomic mass is 10.2. The average Bonchev–Trinajstić information content (AvgIpc) is 1.61. The van der Waals surface area contributed by atoms with E-state index in [0.29, 0.717) is 5.92 Å². The molecule has 1 heteroatoms. The summed E-state index contributed by atoms with van der Waals surface area (Å²) in [6.45, 7) is 4.15. The molecule has 0 aromatic heterocycles. The van der Waals surface area contributed by atoms with Gasteiger partial charge in [-0.1, -0.05) is 25.4 Å². The fourth-order valence-electron chi connectivity index (χ4n) is 0.229. The van der Waals surface area contributed by atoms with Crippen LogP contribution >= 0.6 is 11.6 Å². The van der Waals surface area contributed by atoms with Gasteiger partial charge in [0.15, 0.2) is 0 Å². The van der Waals surface area contributed by atoms with Gasteiger partial charge in [-0.05, 0) is 12.0 Å². The van der Waals surface area contributed by atoms with Gasteiger partial charge in [0.2, 0.25) is 0 Å². The number of allylic oxidation sites excluding steroid dienone is 1. The molecule has 0 saturated carbocycles. The quantitative estimate of drug-likeness (QED) is 0.462. The fourth-order valence-corrected chi connectivity index (χ4v) is 0.302. The van der Waals surface area contributed by atoms with E-state index < -0.39 is 0 Å². The van der Waals surface area contributed by atoms with Gasteiger partial charge in [0.05, 0.1) is 0 Å². The van der Waals surface area contributed by atoms with Crippen LogP contribution in [0, 0.1) is 5.92 Å². The first-order chi connectivity index (χ1) is 3.27. The zero-order chi connectivity index (χ0) is 5.70. The lowest BCUT2D eigenvalue weighted by molar-refractivity contribution is 0.833. The van der Waals surface area contributed by atoms with Crippen molar-refractivity contribution in [1.82, 2.24) is 0 Å². The van der Waals surface area contributed by atoms with Crippen molar-refractivity contribution >= 4 is 11.6 Å². The summed E-state index contributed by atoms with van der Waals surface area (Å²) >= 11 is 5.18. The van der Waals surface area contributed by atoms with Gasteiger partial charge >= 0.3 is 0 Å². The summed E-state index contributed by atoms with van der Waals surface area (Å²) in [6, 6.07) is 0. The Labute approximate surface area is 49.5 Å². The van der Waals surface area contributed by atoms with Crippen molar-refractivity contribution in [3.63, 3.8) is 0 Å². The lowest BCUT2D eigenvalue weighted by Gasteiger charge is -1.84. The van der Waals surface area contributed by atoms with Crippen molar-refractivity contribution in [3.05, 3.63) is 17.3 Å². The minimum atomic E-state index is 0.551. The average molecular weight is 117 g/mol. The molecule has 0 rings (SSSR count). The van der Waals surface area contributed by atoms with E-state index in [1.54, 1.807) is 0 Å². The summed E-state index contributed by atoms with van der Waals surface area (Å²) < 4.78 is 0. The van der Waals surface area contributed by atoms with Crippen molar-refractivity contribution in [2.24, 2.45) is 5.92 Å². The van der Waals surface area contributed by atoms with E-state index in [1.165, 1.54) is 5.54 Å². The monoisotopic (exact) mass is 116 g/mol. The fraction of sp³-hybridized carbons (Fsp3) is 0.500. The summed E-state index contributed by atoms with van der Waals surface area (Å²) in [5.41, 5.74) is 4.15. The van der Waals surface area contributed by atoms with Gasteiger partial charge in [0, 0.05) is 5.54 Å². The van der Waals surface area contributed by atoms with Crippen LogP contribution in [0.3, 0.4) is 0 Å². The predicted molar refractivity (Wildman–Crippen MR) is 33.3 cm³/mol. The third-order valence-corrected chi connectivity index (χ3v) is 0.619. The van der Waals surface area contributed by atoms with Crippen LogP contribution in [0.5, 0.6) is 0 Å². The highest BCUT2D eigenvalue weighted by Gasteiger charge is 1.77. The van der Waals surface area contributed by atoms with E-state index >= 15 is 0 Å². The Morgan fingerprint density at radius 1 is 1.57 bits per heavy atom. The molecule has 0 atom stereocenters. The van der Waals surface area contributed by atoms with Crippen LogP contribution in [0.2, 0.25) is 0 Å². The molecule has 0 heterocycles. The van der Waals surface area contributed by atoms with Gasteiger partial charge in [-0.2, -0.15) is 0 Å². The second-order valence-corrected chi connectivity index (χ2v) is 1.90. The van der Waals surface area contributed by atoms with Crippen LogP contribution in [0.15, 0.2) is 17.3 Å². The third kappa shape index (κ3) is 5.81. The molecule has 0 fully saturated rings. The molecule has 0 radical (unpaired) electrons. The Balaban J connectivity index is 3.46. The Morgan fingerprint density at radius 2 is 2.14 bits per heavy atom. The van der Waals surface area contributed by atoms with Crippen LogP contribution in [-0.4, -0.2) is 0 Å². The van der Waals surface area contributed by atoms with Crippen LogP contribution in [0.1, 0.15) is 13.8 Å². The SMILES string of the molecule is CC(C)C=C=CCl. The van der Waals surface area contributed by atoms with Crippen molar-refractivity contribution in [3.8, 4) is 0 Å². The summed E-state index contributed by atoms with van der Waals surface area (Å²) in [6.07, 6.45) is 1.91. The number of halogens is 1. The molecule has 0 bridgehead atoms. The molecule has 0 aromatic rings. The predicted octanol–water partition coefficient (Wildman–Crippen LogP) is 2.55. The van der Waals surface area contributed by atoms with Crippen LogP contribution in [0.4, 0.5) is 0 Å². The highest BCUT2D eigenvalue weighted by Crippen LogP contribution is 1.90. The van der Waals surface area contributed by atoms with Gasteiger partial charge in [-0.3, -0.25) is 0 Å². The molecule has 40 valence electrons. The van der Waals surface area contributed by atoms with E-state index in [0.717, 1.165) is 0 Å². The highest BCUT2D eigenvalue weighted by atomic mass is 35.5. The maximum Gasteiger partial charge on any atom is 0.0459 e. The number of hydrogen-bond acceptors (Lipinski definition) is 0. The molecule has 7 heavy (non-hydrogen) atoms. The van der Waals surface area contributed by atoms with Crippen molar-refractivity contribution < 1.29 is 0 Å². The molecular formula is C6H9Cl. The molecule has 0 aromatic carbocycles. The summed E-state index contributed by atoms with van der Waals surface area (Å²) in [4.78, 5) is 0. The van der Waals surface area contributed by atoms with Crippen molar-refractivity contribution in [2.75, 3.05) is 0 Å². The summed E-state index contributed by atoms with van der Waals surface area (Å²) in [5.74, 6) is 0.551. The molecule has 0 aliphatic rings. The second kappa shape index (κ2) is 3.98. The zero-order valence-electron chi connectivity index (χ0n) is 4.61. The van der Waals surface area contributed by atoms with Gasteiger partial charge in [-0.25, -0.2) is 0 Å². The number of rotatable bonds is 1. The van der Waals surface area contributed by atoms with E-state index in [1.807, 2.05) is 6.08 Å². The summed E-state index contributed by atoms with van der Waals surface area (Å²) in [5, 5.41) is 0. The van der Waals surface area contributed by atoms with E-state index in [2.05, 4.69) is 19.6 Å². The Kier molecular flexibility index (Phi) is 3.87. The lowest BCUT2D eigenvalue weighted by Crippen LogP contribution is -1.72. The minimum Gasteiger partial charge on any atom is -0.113 e. The first kappa shape index (κ1) is 6.81. The maximum atomic E-state index is 5.18. The molecule has 0 aliphatic carbocycles. The Morgan fingerprint density at radius 3 is 2.29 bits per heavy atom. The summed E-state index contributed by atoms with van der Waals surface area (Å²) in [7, 11) is 0.